The predicted molar refractivity (Wildman–Crippen MR) is 70.7 cm³/mol. The van der Waals surface area contributed by atoms with Gasteiger partial charge >= 0.3 is 6.09 Å². The van der Waals surface area contributed by atoms with Gasteiger partial charge in [-0.25, -0.2) is 4.79 Å². The predicted octanol–water partition coefficient (Wildman–Crippen LogP) is 1.67. The SMILES string of the molecule is CC(CNC(=O)OC(C)(C)C)NCC1CCCO1. The molecule has 2 N–H and O–H groups in total. The van der Waals surface area contributed by atoms with Crippen molar-refractivity contribution >= 4 is 6.09 Å². The minimum Gasteiger partial charge on any atom is -0.444 e. The first-order chi connectivity index (χ1) is 8.37. The first-order valence-electron chi connectivity index (χ1n) is 6.68. The smallest absolute Gasteiger partial charge is 0.407 e. The van der Waals surface area contributed by atoms with Gasteiger partial charge in [0.1, 0.15) is 5.60 Å². The van der Waals surface area contributed by atoms with Crippen molar-refractivity contribution < 1.29 is 14.3 Å². The highest BCUT2D eigenvalue weighted by atomic mass is 16.6. The van der Waals surface area contributed by atoms with Gasteiger partial charge < -0.3 is 20.1 Å². The second-order valence-corrected chi connectivity index (χ2v) is 5.83. The van der Waals surface area contributed by atoms with Gasteiger partial charge in [-0.1, -0.05) is 0 Å². The quantitative estimate of drug-likeness (QED) is 0.787. The molecule has 5 heteroatoms. The van der Waals surface area contributed by atoms with Crippen LogP contribution in [0.3, 0.4) is 0 Å². The highest BCUT2D eigenvalue weighted by Gasteiger charge is 2.18. The Bertz CT molecular complexity index is 257. The molecule has 1 heterocycles. The van der Waals surface area contributed by atoms with E-state index in [4.69, 9.17) is 9.47 Å². The first kappa shape index (κ1) is 15.2. The first-order valence-corrected chi connectivity index (χ1v) is 6.68. The zero-order valence-electron chi connectivity index (χ0n) is 11.9. The van der Waals surface area contributed by atoms with E-state index in [1.165, 1.54) is 0 Å². The van der Waals surface area contributed by atoms with Crippen molar-refractivity contribution in [3.05, 3.63) is 0 Å². The van der Waals surface area contributed by atoms with Crippen LogP contribution < -0.4 is 10.6 Å². The van der Waals surface area contributed by atoms with Crippen LogP contribution in [-0.4, -0.2) is 43.5 Å². The van der Waals surface area contributed by atoms with E-state index in [1.54, 1.807) is 0 Å². The van der Waals surface area contributed by atoms with Crippen LogP contribution >= 0.6 is 0 Å². The van der Waals surface area contributed by atoms with E-state index >= 15 is 0 Å². The largest absolute Gasteiger partial charge is 0.444 e. The van der Waals surface area contributed by atoms with Crippen LogP contribution in [0, 0.1) is 0 Å². The Morgan fingerprint density at radius 2 is 2.22 bits per heavy atom. The number of rotatable bonds is 5. The lowest BCUT2D eigenvalue weighted by Crippen LogP contribution is -2.43. The van der Waals surface area contributed by atoms with Crippen LogP contribution in [0.15, 0.2) is 0 Å². The fraction of sp³-hybridized carbons (Fsp3) is 0.923. The minimum absolute atomic E-state index is 0.210. The van der Waals surface area contributed by atoms with Crippen molar-refractivity contribution in [2.75, 3.05) is 19.7 Å². The second-order valence-electron chi connectivity index (χ2n) is 5.83. The van der Waals surface area contributed by atoms with Crippen LogP contribution in [0.4, 0.5) is 4.79 Å². The molecule has 5 nitrogen and oxygen atoms in total. The third-order valence-electron chi connectivity index (χ3n) is 2.67. The van der Waals surface area contributed by atoms with Gasteiger partial charge in [-0.15, -0.1) is 0 Å². The molecule has 1 aliphatic heterocycles. The molecule has 18 heavy (non-hydrogen) atoms. The van der Waals surface area contributed by atoms with Crippen LogP contribution in [-0.2, 0) is 9.47 Å². The maximum atomic E-state index is 11.4. The molecule has 2 atom stereocenters. The molecule has 1 fully saturated rings. The summed E-state index contributed by atoms with van der Waals surface area (Å²) in [7, 11) is 0. The molecule has 0 aliphatic carbocycles. The van der Waals surface area contributed by atoms with E-state index < -0.39 is 5.60 Å². The van der Waals surface area contributed by atoms with Crippen molar-refractivity contribution in [3.8, 4) is 0 Å². The molecule has 0 radical (unpaired) electrons. The van der Waals surface area contributed by atoms with E-state index in [9.17, 15) is 4.79 Å². The monoisotopic (exact) mass is 258 g/mol. The lowest BCUT2D eigenvalue weighted by molar-refractivity contribution is 0.0522. The standard InChI is InChI=1S/C13H26N2O3/c1-10(14-9-11-6-5-7-17-11)8-15-12(16)18-13(2,3)4/h10-11,14H,5-9H2,1-4H3,(H,15,16). The van der Waals surface area contributed by atoms with Crippen LogP contribution in [0.2, 0.25) is 0 Å². The third kappa shape index (κ3) is 6.81. The summed E-state index contributed by atoms with van der Waals surface area (Å²) in [5, 5.41) is 6.10. The molecule has 0 spiro atoms. The van der Waals surface area contributed by atoms with E-state index in [2.05, 4.69) is 10.6 Å². The summed E-state index contributed by atoms with van der Waals surface area (Å²) >= 11 is 0. The summed E-state index contributed by atoms with van der Waals surface area (Å²) in [6.07, 6.45) is 2.23. The molecule has 0 aromatic carbocycles. The molecule has 0 aromatic rings. The number of hydrogen-bond acceptors (Lipinski definition) is 4. The van der Waals surface area contributed by atoms with Gasteiger partial charge in [0, 0.05) is 25.7 Å². The van der Waals surface area contributed by atoms with Crippen molar-refractivity contribution in [2.45, 2.75) is 58.3 Å². The van der Waals surface area contributed by atoms with E-state index in [0.717, 1.165) is 26.0 Å². The van der Waals surface area contributed by atoms with Crippen LogP contribution in [0.5, 0.6) is 0 Å². The summed E-state index contributed by atoms with van der Waals surface area (Å²) < 4.78 is 10.7. The zero-order chi connectivity index (χ0) is 13.6. The van der Waals surface area contributed by atoms with Crippen molar-refractivity contribution in [2.24, 2.45) is 0 Å². The molecule has 1 amide bonds. The molecule has 0 aromatic heterocycles. The molecule has 1 aliphatic rings. The molecule has 0 bridgehead atoms. The lowest BCUT2D eigenvalue weighted by atomic mass is 10.2. The Balaban J connectivity index is 2.08. The number of carbonyl (C=O) groups is 1. The molecule has 106 valence electrons. The van der Waals surface area contributed by atoms with Gasteiger partial charge in [-0.2, -0.15) is 0 Å². The molecule has 0 saturated carbocycles. The van der Waals surface area contributed by atoms with Crippen LogP contribution in [0.25, 0.3) is 0 Å². The van der Waals surface area contributed by atoms with E-state index in [0.29, 0.717) is 12.6 Å². The normalized spacial score (nSPS) is 21.7. The number of hydrogen-bond donors (Lipinski definition) is 2. The summed E-state index contributed by atoms with van der Waals surface area (Å²) in [6, 6.07) is 0.210. The van der Waals surface area contributed by atoms with Crippen molar-refractivity contribution in [1.82, 2.24) is 10.6 Å². The molecule has 1 rings (SSSR count). The fourth-order valence-corrected chi connectivity index (χ4v) is 1.76. The Kier molecular flexibility index (Phi) is 5.88. The summed E-state index contributed by atoms with van der Waals surface area (Å²) in [5.41, 5.74) is -0.446. The van der Waals surface area contributed by atoms with Gasteiger partial charge in [0.25, 0.3) is 0 Å². The van der Waals surface area contributed by atoms with Gasteiger partial charge in [-0.05, 0) is 40.5 Å². The molecular formula is C13H26N2O3. The molecule has 2 unspecified atom stereocenters. The average Bonchev–Trinajstić information content (AvgIpc) is 2.74. The van der Waals surface area contributed by atoms with Gasteiger partial charge in [0.2, 0.25) is 0 Å². The van der Waals surface area contributed by atoms with Gasteiger partial charge in [-0.3, -0.25) is 0 Å². The second kappa shape index (κ2) is 6.95. The minimum atomic E-state index is -0.446. The fourth-order valence-electron chi connectivity index (χ4n) is 1.76. The molecule has 1 saturated heterocycles. The van der Waals surface area contributed by atoms with E-state index in [1.807, 2.05) is 27.7 Å². The number of nitrogens with one attached hydrogen (secondary N) is 2. The van der Waals surface area contributed by atoms with Crippen molar-refractivity contribution in [3.63, 3.8) is 0 Å². The highest BCUT2D eigenvalue weighted by molar-refractivity contribution is 5.67. The van der Waals surface area contributed by atoms with Gasteiger partial charge in [0.05, 0.1) is 6.10 Å². The third-order valence-corrected chi connectivity index (χ3v) is 2.67. The highest BCUT2D eigenvalue weighted by Crippen LogP contribution is 2.10. The topological polar surface area (TPSA) is 59.6 Å². The van der Waals surface area contributed by atoms with E-state index in [-0.39, 0.29) is 12.1 Å². The number of carbonyl (C=O) groups excluding carboxylic acids is 1. The maximum absolute atomic E-state index is 11.4. The lowest BCUT2D eigenvalue weighted by Gasteiger charge is -2.21. The summed E-state index contributed by atoms with van der Waals surface area (Å²) in [5.74, 6) is 0. The Hall–Kier alpha value is -0.810. The number of alkyl carbamates (subject to hydrolysis) is 1. The maximum Gasteiger partial charge on any atom is 0.407 e. The molecular weight excluding hydrogens is 232 g/mol. The Morgan fingerprint density at radius 1 is 1.50 bits per heavy atom. The number of ether oxygens (including phenoxy) is 2. The number of amides is 1. The summed E-state index contributed by atoms with van der Waals surface area (Å²) in [6.45, 7) is 9.87. The summed E-state index contributed by atoms with van der Waals surface area (Å²) in [4.78, 5) is 11.4. The van der Waals surface area contributed by atoms with Gasteiger partial charge in [0.15, 0.2) is 0 Å². The Labute approximate surface area is 110 Å². The van der Waals surface area contributed by atoms with Crippen molar-refractivity contribution in [1.29, 1.82) is 0 Å². The zero-order valence-corrected chi connectivity index (χ0v) is 11.9. The van der Waals surface area contributed by atoms with Crippen LogP contribution in [0.1, 0.15) is 40.5 Å². The average molecular weight is 258 g/mol. The Morgan fingerprint density at radius 3 is 2.78 bits per heavy atom.